The van der Waals surface area contributed by atoms with Gasteiger partial charge in [-0.3, -0.25) is 0 Å². The van der Waals surface area contributed by atoms with Crippen molar-refractivity contribution < 1.29 is 17.9 Å². The lowest BCUT2D eigenvalue weighted by Gasteiger charge is -2.17. The molecule has 0 saturated carbocycles. The molecule has 0 radical (unpaired) electrons. The molecule has 2 N–H and O–H groups in total. The first-order valence-electron chi connectivity index (χ1n) is 11.0. The Morgan fingerprint density at radius 3 is 2.39 bits per heavy atom. The number of nitrogens with zero attached hydrogens (tertiary/aromatic N) is 2. The molecule has 0 bridgehead atoms. The van der Waals surface area contributed by atoms with Crippen LogP contribution >= 0.6 is 0 Å². The molecule has 2 aromatic carbocycles. The van der Waals surface area contributed by atoms with Crippen LogP contribution in [0.25, 0.3) is 0 Å². The third-order valence-corrected chi connectivity index (χ3v) is 4.84. The van der Waals surface area contributed by atoms with Crippen molar-refractivity contribution in [2.24, 2.45) is 5.92 Å². The van der Waals surface area contributed by atoms with Crippen molar-refractivity contribution in [3.05, 3.63) is 65.9 Å². The van der Waals surface area contributed by atoms with Crippen LogP contribution in [0.5, 0.6) is 5.75 Å². The fourth-order valence-electron chi connectivity index (χ4n) is 3.22. The predicted octanol–water partition coefficient (Wildman–Crippen LogP) is 7.36. The van der Waals surface area contributed by atoms with Crippen LogP contribution in [0, 0.1) is 5.92 Å². The van der Waals surface area contributed by atoms with Crippen molar-refractivity contribution in [3.8, 4) is 5.75 Å². The highest BCUT2D eigenvalue weighted by molar-refractivity contribution is 5.67. The third-order valence-electron chi connectivity index (χ3n) is 4.84. The van der Waals surface area contributed by atoms with Crippen molar-refractivity contribution in [1.29, 1.82) is 0 Å². The Balaban J connectivity index is 1.86. The lowest BCUT2D eigenvalue weighted by molar-refractivity contribution is -0.137. The zero-order chi connectivity index (χ0) is 23.8. The summed E-state index contributed by atoms with van der Waals surface area (Å²) in [4.78, 5) is 8.01. The van der Waals surface area contributed by atoms with E-state index in [0.717, 1.165) is 25.5 Å². The average Bonchev–Trinajstić information content (AvgIpc) is 2.75. The molecule has 0 atom stereocenters. The number of alkyl halides is 3. The highest BCUT2D eigenvalue weighted by atomic mass is 19.4. The molecule has 3 rings (SSSR count). The van der Waals surface area contributed by atoms with Crippen LogP contribution in [0.15, 0.2) is 54.7 Å². The number of ether oxygens (including phenoxy) is 1. The maximum absolute atomic E-state index is 13.6. The van der Waals surface area contributed by atoms with Crippen LogP contribution in [0.2, 0.25) is 0 Å². The minimum absolute atomic E-state index is 0.0616. The maximum Gasteiger partial charge on any atom is 0.421 e. The Kier molecular flexibility index (Phi) is 8.14. The van der Waals surface area contributed by atoms with Crippen LogP contribution in [-0.4, -0.2) is 16.6 Å². The molecule has 176 valence electrons. The minimum atomic E-state index is -4.61. The zero-order valence-corrected chi connectivity index (χ0v) is 19.0. The van der Waals surface area contributed by atoms with E-state index < -0.39 is 11.7 Å². The number of hydrogen-bond acceptors (Lipinski definition) is 5. The third kappa shape index (κ3) is 7.10. The van der Waals surface area contributed by atoms with E-state index in [9.17, 15) is 13.2 Å². The van der Waals surface area contributed by atoms with E-state index in [0.29, 0.717) is 29.6 Å². The molecule has 1 heterocycles. The number of anilines is 4. The van der Waals surface area contributed by atoms with Gasteiger partial charge in [-0.25, -0.2) is 4.98 Å². The number of benzene rings is 2. The highest BCUT2D eigenvalue weighted by Crippen LogP contribution is 2.37. The molecule has 5 nitrogen and oxygen atoms in total. The highest BCUT2D eigenvalue weighted by Gasteiger charge is 2.35. The fraction of sp³-hybridized carbons (Fsp3) is 0.360. The zero-order valence-electron chi connectivity index (χ0n) is 19.0. The summed E-state index contributed by atoms with van der Waals surface area (Å²) in [5.74, 6) is 0.715. The molecule has 0 spiro atoms. The number of rotatable bonds is 10. The van der Waals surface area contributed by atoms with E-state index in [1.54, 1.807) is 24.3 Å². The van der Waals surface area contributed by atoms with Crippen molar-refractivity contribution >= 4 is 23.1 Å². The molecule has 0 amide bonds. The maximum atomic E-state index is 13.6. The van der Waals surface area contributed by atoms with Crippen molar-refractivity contribution in [2.75, 3.05) is 17.2 Å². The van der Waals surface area contributed by atoms with Gasteiger partial charge in [0.1, 0.15) is 17.1 Å². The second-order valence-electron chi connectivity index (χ2n) is 8.20. The number of halogens is 3. The van der Waals surface area contributed by atoms with E-state index in [2.05, 4.69) is 34.4 Å². The summed E-state index contributed by atoms with van der Waals surface area (Å²) in [7, 11) is 0. The van der Waals surface area contributed by atoms with Gasteiger partial charge in [0.05, 0.1) is 12.3 Å². The first-order chi connectivity index (χ1) is 15.8. The molecule has 0 aliphatic heterocycles. The number of para-hydroxylation sites is 2. The molecule has 0 fully saturated rings. The van der Waals surface area contributed by atoms with Gasteiger partial charge in [0.15, 0.2) is 0 Å². The van der Waals surface area contributed by atoms with Gasteiger partial charge in [-0.1, -0.05) is 51.5 Å². The molecule has 0 unspecified atom stereocenters. The lowest BCUT2D eigenvalue weighted by Crippen LogP contribution is -2.13. The second kappa shape index (κ2) is 11.0. The van der Waals surface area contributed by atoms with Gasteiger partial charge in [-0.2, -0.15) is 18.2 Å². The van der Waals surface area contributed by atoms with Gasteiger partial charge in [0.25, 0.3) is 0 Å². The number of nitrogens with one attached hydrogen (secondary N) is 2. The van der Waals surface area contributed by atoms with Gasteiger partial charge in [-0.05, 0) is 48.6 Å². The summed E-state index contributed by atoms with van der Waals surface area (Å²) in [6.45, 7) is 6.80. The van der Waals surface area contributed by atoms with Crippen molar-refractivity contribution in [3.63, 3.8) is 0 Å². The molecule has 1 aromatic heterocycles. The summed E-state index contributed by atoms with van der Waals surface area (Å²) < 4.78 is 46.6. The first-order valence-corrected chi connectivity index (χ1v) is 11.0. The minimum Gasteiger partial charge on any atom is -0.491 e. The quantitative estimate of drug-likeness (QED) is 0.311. The molecule has 8 heteroatoms. The summed E-state index contributed by atoms with van der Waals surface area (Å²) in [6.07, 6.45) is -1.08. The second-order valence-corrected chi connectivity index (χ2v) is 8.20. The van der Waals surface area contributed by atoms with Crippen LogP contribution in [0.3, 0.4) is 0 Å². The summed E-state index contributed by atoms with van der Waals surface area (Å²) in [5, 5.41) is 5.78. The molecule has 3 aromatic rings. The molecule has 0 aliphatic rings. The molecule has 0 aliphatic carbocycles. The number of unbranched alkanes of at least 4 members (excludes halogenated alkanes) is 1. The van der Waals surface area contributed by atoms with Gasteiger partial charge < -0.3 is 15.4 Å². The SMILES string of the molecule is CCCCOc1ccccc1Nc1nc(Nc2ccc(CC(C)C)cc2)ncc1C(F)(F)F. The number of aromatic nitrogens is 2. The van der Waals surface area contributed by atoms with Crippen LogP contribution in [0.4, 0.5) is 36.3 Å². The van der Waals surface area contributed by atoms with E-state index in [1.807, 2.05) is 31.2 Å². The molecule has 0 saturated heterocycles. The Morgan fingerprint density at radius 2 is 1.73 bits per heavy atom. The van der Waals surface area contributed by atoms with Crippen LogP contribution < -0.4 is 15.4 Å². The van der Waals surface area contributed by atoms with E-state index in [1.165, 1.54) is 5.56 Å². The van der Waals surface area contributed by atoms with Crippen LogP contribution in [0.1, 0.15) is 44.7 Å². The summed E-state index contributed by atoms with van der Waals surface area (Å²) >= 11 is 0. The van der Waals surface area contributed by atoms with E-state index in [-0.39, 0.29) is 11.8 Å². The Labute approximate surface area is 192 Å². The number of hydrogen-bond donors (Lipinski definition) is 2. The van der Waals surface area contributed by atoms with Crippen LogP contribution in [-0.2, 0) is 12.6 Å². The largest absolute Gasteiger partial charge is 0.491 e. The van der Waals surface area contributed by atoms with Gasteiger partial charge >= 0.3 is 6.18 Å². The molecular formula is C25H29F3N4O. The Hall–Kier alpha value is -3.29. The van der Waals surface area contributed by atoms with E-state index >= 15 is 0 Å². The van der Waals surface area contributed by atoms with Gasteiger partial charge in [0, 0.05) is 11.9 Å². The van der Waals surface area contributed by atoms with Crippen molar-refractivity contribution in [1.82, 2.24) is 9.97 Å². The molecule has 33 heavy (non-hydrogen) atoms. The van der Waals surface area contributed by atoms with Gasteiger partial charge in [0.2, 0.25) is 5.95 Å². The monoisotopic (exact) mass is 458 g/mol. The first kappa shape index (κ1) is 24.4. The topological polar surface area (TPSA) is 59.1 Å². The van der Waals surface area contributed by atoms with E-state index in [4.69, 9.17) is 4.74 Å². The standard InChI is InChI=1S/C25H29F3N4O/c1-4-5-14-33-22-9-7-6-8-21(22)31-23-20(25(26,27)28)16-29-24(32-23)30-19-12-10-18(11-13-19)15-17(2)3/h6-13,16-17H,4-5,14-15H2,1-3H3,(H2,29,30,31,32). The summed E-state index contributed by atoms with van der Waals surface area (Å²) in [5.41, 5.74) is 1.33. The lowest BCUT2D eigenvalue weighted by atomic mass is 10.0. The van der Waals surface area contributed by atoms with Crippen molar-refractivity contribution in [2.45, 2.75) is 46.2 Å². The molecular weight excluding hydrogens is 429 g/mol. The fourth-order valence-corrected chi connectivity index (χ4v) is 3.22. The summed E-state index contributed by atoms with van der Waals surface area (Å²) in [6, 6.07) is 14.6. The normalized spacial score (nSPS) is 11.5. The smallest absolute Gasteiger partial charge is 0.421 e. The van der Waals surface area contributed by atoms with Gasteiger partial charge in [-0.15, -0.1) is 0 Å². The predicted molar refractivity (Wildman–Crippen MR) is 125 cm³/mol. The Bertz CT molecular complexity index is 1040. The Morgan fingerprint density at radius 1 is 1.00 bits per heavy atom. The average molecular weight is 459 g/mol.